The third-order valence-corrected chi connectivity index (χ3v) is 4.54. The van der Waals surface area contributed by atoms with Gasteiger partial charge in [-0.2, -0.15) is 13.2 Å². The summed E-state index contributed by atoms with van der Waals surface area (Å²) >= 11 is 3.32. The molecule has 0 bridgehead atoms. The second-order valence-corrected chi connectivity index (χ2v) is 6.15. The van der Waals surface area contributed by atoms with Crippen molar-refractivity contribution in [3.05, 3.63) is 57.3 Å². The van der Waals surface area contributed by atoms with Gasteiger partial charge in [0.15, 0.2) is 11.5 Å². The first-order chi connectivity index (χ1) is 12.3. The molecule has 136 valence electrons. The molecule has 0 aliphatic carbocycles. The van der Waals surface area contributed by atoms with Gasteiger partial charge in [0.05, 0.1) is 19.8 Å². The summed E-state index contributed by atoms with van der Waals surface area (Å²) in [5, 5.41) is 0. The molecule has 0 fully saturated rings. The van der Waals surface area contributed by atoms with Crippen molar-refractivity contribution >= 4 is 27.8 Å². The highest BCUT2D eigenvalue weighted by Crippen LogP contribution is 2.48. The van der Waals surface area contributed by atoms with Crippen LogP contribution in [-0.2, 0) is 6.18 Å². The average Bonchev–Trinajstić information content (AvgIpc) is 2.93. The van der Waals surface area contributed by atoms with E-state index in [1.54, 1.807) is 6.07 Å². The van der Waals surface area contributed by atoms with E-state index in [-0.39, 0.29) is 22.8 Å². The first-order valence-corrected chi connectivity index (χ1v) is 8.11. The predicted octanol–water partition coefficient (Wildman–Crippen LogP) is 5.10. The van der Waals surface area contributed by atoms with E-state index in [2.05, 4.69) is 15.9 Å². The monoisotopic (exact) mass is 428 g/mol. The molecule has 4 nitrogen and oxygen atoms in total. The zero-order valence-corrected chi connectivity index (χ0v) is 15.2. The van der Waals surface area contributed by atoms with Gasteiger partial charge in [0.1, 0.15) is 21.5 Å². The number of benzene rings is 2. The summed E-state index contributed by atoms with van der Waals surface area (Å²) in [6, 6.07) is 5.97. The zero-order chi connectivity index (χ0) is 19.1. The van der Waals surface area contributed by atoms with Crippen molar-refractivity contribution in [3.8, 4) is 17.2 Å². The van der Waals surface area contributed by atoms with E-state index in [0.29, 0.717) is 15.8 Å². The molecule has 0 amide bonds. The van der Waals surface area contributed by atoms with Crippen LogP contribution < -0.4 is 14.2 Å². The first-order valence-electron chi connectivity index (χ1n) is 7.32. The summed E-state index contributed by atoms with van der Waals surface area (Å²) in [5.74, 6) is 0.488. The molecule has 2 aromatic carbocycles. The van der Waals surface area contributed by atoms with Crippen molar-refractivity contribution in [3.63, 3.8) is 0 Å². The summed E-state index contributed by atoms with van der Waals surface area (Å²) < 4.78 is 54.4. The maximum atomic E-state index is 12.6. The van der Waals surface area contributed by atoms with Crippen molar-refractivity contribution in [1.29, 1.82) is 0 Å². The number of methoxy groups -OCH3 is 2. The Balaban J connectivity index is 2.00. The summed E-state index contributed by atoms with van der Waals surface area (Å²) in [6.45, 7) is 0. The molecular formula is C18H12BrF3O4. The predicted molar refractivity (Wildman–Crippen MR) is 91.6 cm³/mol. The Bertz CT molecular complexity index is 902. The minimum atomic E-state index is -4.42. The molecule has 0 radical (unpaired) electrons. The van der Waals surface area contributed by atoms with Crippen LogP contribution in [0.1, 0.15) is 21.5 Å². The fraction of sp³-hybridized carbons (Fsp3) is 0.167. The molecule has 2 aromatic rings. The molecule has 1 heterocycles. The van der Waals surface area contributed by atoms with Gasteiger partial charge in [0, 0.05) is 6.07 Å². The van der Waals surface area contributed by atoms with Gasteiger partial charge in [-0.1, -0.05) is 12.1 Å². The van der Waals surface area contributed by atoms with Gasteiger partial charge < -0.3 is 14.2 Å². The quantitative estimate of drug-likeness (QED) is 0.637. The zero-order valence-electron chi connectivity index (χ0n) is 13.6. The van der Waals surface area contributed by atoms with Crippen molar-refractivity contribution < 1.29 is 32.2 Å². The van der Waals surface area contributed by atoms with Crippen LogP contribution in [0, 0.1) is 0 Å². The van der Waals surface area contributed by atoms with Crippen molar-refractivity contribution in [2.45, 2.75) is 6.18 Å². The highest BCUT2D eigenvalue weighted by molar-refractivity contribution is 9.10. The summed E-state index contributed by atoms with van der Waals surface area (Å²) in [5.41, 5.74) is -0.148. The van der Waals surface area contributed by atoms with Gasteiger partial charge >= 0.3 is 6.18 Å². The fourth-order valence-corrected chi connectivity index (χ4v) is 3.06. The van der Waals surface area contributed by atoms with Gasteiger partial charge in [0.25, 0.3) is 0 Å². The molecule has 0 N–H and O–H groups in total. The van der Waals surface area contributed by atoms with Crippen LogP contribution in [0.3, 0.4) is 0 Å². The molecule has 26 heavy (non-hydrogen) atoms. The third-order valence-electron chi connectivity index (χ3n) is 3.79. The van der Waals surface area contributed by atoms with E-state index in [1.165, 1.54) is 32.4 Å². The minimum absolute atomic E-state index is 0.0213. The molecular weight excluding hydrogens is 417 g/mol. The highest BCUT2D eigenvalue weighted by Gasteiger charge is 2.35. The Hall–Kier alpha value is -2.48. The molecule has 0 saturated carbocycles. The molecule has 0 unspecified atom stereocenters. The number of hydrogen-bond acceptors (Lipinski definition) is 4. The Morgan fingerprint density at radius 1 is 1.08 bits per heavy atom. The van der Waals surface area contributed by atoms with Crippen molar-refractivity contribution in [2.75, 3.05) is 14.2 Å². The van der Waals surface area contributed by atoms with Crippen LogP contribution >= 0.6 is 15.9 Å². The number of alkyl halides is 3. The highest BCUT2D eigenvalue weighted by atomic mass is 79.9. The summed E-state index contributed by atoms with van der Waals surface area (Å²) in [4.78, 5) is 12.6. The normalized spacial score (nSPS) is 15.0. The van der Waals surface area contributed by atoms with Crippen LogP contribution in [0.5, 0.6) is 17.2 Å². The molecule has 8 heteroatoms. The molecule has 1 aliphatic heterocycles. The number of halogens is 4. The number of Topliss-reactive ketones (excluding diaryl/α,β-unsaturated/α-hetero) is 1. The standard InChI is InChI=1S/C18H12BrF3O4/c1-24-11-8-12(25-2)15(19)17-14(11)16(23)13(26-17)7-9-3-5-10(6-4-9)18(20,21)22/h3-8H,1-2H3. The second kappa shape index (κ2) is 6.68. The lowest BCUT2D eigenvalue weighted by molar-refractivity contribution is -0.137. The molecule has 0 saturated heterocycles. The molecule has 3 rings (SSSR count). The van der Waals surface area contributed by atoms with Crippen molar-refractivity contribution in [2.24, 2.45) is 0 Å². The Morgan fingerprint density at radius 3 is 2.23 bits per heavy atom. The lowest BCUT2D eigenvalue weighted by Gasteiger charge is -2.10. The number of ketones is 1. The lowest BCUT2D eigenvalue weighted by atomic mass is 10.1. The SMILES string of the molecule is COc1cc(OC)c2c(c1Br)OC(=Cc1ccc(C(F)(F)F)cc1)C2=O. The number of allylic oxidation sites excluding steroid dienone is 1. The molecule has 1 aliphatic rings. The maximum absolute atomic E-state index is 12.6. The Morgan fingerprint density at radius 2 is 1.69 bits per heavy atom. The fourth-order valence-electron chi connectivity index (χ4n) is 2.50. The number of carbonyl (C=O) groups is 1. The third kappa shape index (κ3) is 3.16. The van der Waals surface area contributed by atoms with E-state index in [4.69, 9.17) is 14.2 Å². The summed E-state index contributed by atoms with van der Waals surface area (Å²) in [7, 11) is 2.87. The number of carbonyl (C=O) groups excluding carboxylic acids is 1. The Labute approximate surface area is 155 Å². The topological polar surface area (TPSA) is 44.8 Å². The average molecular weight is 429 g/mol. The maximum Gasteiger partial charge on any atom is 0.416 e. The van der Waals surface area contributed by atoms with E-state index in [1.807, 2.05) is 0 Å². The van der Waals surface area contributed by atoms with Crippen LogP contribution in [0.15, 0.2) is 40.6 Å². The van der Waals surface area contributed by atoms with Crippen LogP contribution in [0.4, 0.5) is 13.2 Å². The van der Waals surface area contributed by atoms with Gasteiger partial charge in [-0.05, 0) is 39.7 Å². The number of fused-ring (bicyclic) bond motifs is 1. The van der Waals surface area contributed by atoms with Gasteiger partial charge in [-0.25, -0.2) is 0 Å². The van der Waals surface area contributed by atoms with E-state index in [0.717, 1.165) is 12.1 Å². The molecule has 0 spiro atoms. The Kier molecular flexibility index (Phi) is 4.70. The minimum Gasteiger partial charge on any atom is -0.496 e. The number of ether oxygens (including phenoxy) is 3. The smallest absolute Gasteiger partial charge is 0.416 e. The largest absolute Gasteiger partial charge is 0.496 e. The first kappa shape index (κ1) is 18.3. The van der Waals surface area contributed by atoms with Gasteiger partial charge in [-0.15, -0.1) is 0 Å². The van der Waals surface area contributed by atoms with Crippen LogP contribution in [0.25, 0.3) is 6.08 Å². The molecule has 0 aromatic heterocycles. The van der Waals surface area contributed by atoms with Crippen LogP contribution in [0.2, 0.25) is 0 Å². The lowest BCUT2D eigenvalue weighted by Crippen LogP contribution is -2.04. The number of hydrogen-bond donors (Lipinski definition) is 0. The van der Waals surface area contributed by atoms with E-state index < -0.39 is 17.5 Å². The number of rotatable bonds is 3. The van der Waals surface area contributed by atoms with Crippen molar-refractivity contribution in [1.82, 2.24) is 0 Å². The van der Waals surface area contributed by atoms with Gasteiger partial charge in [-0.3, -0.25) is 4.79 Å². The molecule has 0 atom stereocenters. The van der Waals surface area contributed by atoms with Crippen LogP contribution in [-0.4, -0.2) is 20.0 Å². The second-order valence-electron chi connectivity index (χ2n) is 5.36. The van der Waals surface area contributed by atoms with E-state index in [9.17, 15) is 18.0 Å². The van der Waals surface area contributed by atoms with E-state index >= 15 is 0 Å². The summed E-state index contributed by atoms with van der Waals surface area (Å²) in [6.07, 6.45) is -3.04. The van der Waals surface area contributed by atoms with Gasteiger partial charge in [0.2, 0.25) is 5.78 Å².